The van der Waals surface area contributed by atoms with Crippen LogP contribution in [0.4, 0.5) is 11.6 Å². The molecule has 1 fully saturated rings. The number of carbonyl (C=O) groups is 1. The molecular weight excluding hydrogens is 392 g/mol. The first-order chi connectivity index (χ1) is 15.2. The maximum absolute atomic E-state index is 13.0. The lowest BCUT2D eigenvalue weighted by molar-refractivity contribution is 0.102. The standard InChI is InChI=1S/C23H20N6O2/c30-20-13-12-19(27-29(20)16-8-2-1-3-9-16)23(31)26-21-22(28-14-6-7-15-28)25-18-11-5-4-10-17(18)24-21/h1-5,8-13H,6-7,14-15H2,(H,24,26,31). The fourth-order valence-corrected chi connectivity index (χ4v) is 3.68. The van der Waals surface area contributed by atoms with Gasteiger partial charge in [0.1, 0.15) is 5.69 Å². The fourth-order valence-electron chi connectivity index (χ4n) is 3.68. The molecule has 1 amide bonds. The van der Waals surface area contributed by atoms with Crippen molar-refractivity contribution in [1.82, 2.24) is 19.7 Å². The van der Waals surface area contributed by atoms with Crippen molar-refractivity contribution in [2.45, 2.75) is 12.8 Å². The monoisotopic (exact) mass is 412 g/mol. The number of benzene rings is 2. The Labute approximate surface area is 178 Å². The number of carbonyl (C=O) groups excluding carboxylic acids is 1. The lowest BCUT2D eigenvalue weighted by Gasteiger charge is -2.20. The van der Waals surface area contributed by atoms with E-state index in [0.29, 0.717) is 22.8 Å². The van der Waals surface area contributed by atoms with E-state index < -0.39 is 5.91 Å². The molecule has 0 saturated carbocycles. The van der Waals surface area contributed by atoms with Crippen molar-refractivity contribution in [3.8, 4) is 5.69 Å². The van der Waals surface area contributed by atoms with Gasteiger partial charge in [0.15, 0.2) is 11.6 Å². The highest BCUT2D eigenvalue weighted by Gasteiger charge is 2.22. The van der Waals surface area contributed by atoms with Crippen molar-refractivity contribution < 1.29 is 4.79 Å². The molecule has 0 aliphatic carbocycles. The SMILES string of the molecule is O=C(Nc1nc2ccccc2nc1N1CCCC1)c1ccc(=O)n(-c2ccccc2)n1. The topological polar surface area (TPSA) is 93.0 Å². The molecule has 8 nitrogen and oxygen atoms in total. The Kier molecular flexibility index (Phi) is 4.87. The van der Waals surface area contributed by atoms with Crippen LogP contribution in [-0.4, -0.2) is 38.7 Å². The Morgan fingerprint density at radius 1 is 0.839 bits per heavy atom. The zero-order valence-corrected chi connectivity index (χ0v) is 16.7. The summed E-state index contributed by atoms with van der Waals surface area (Å²) >= 11 is 0. The van der Waals surface area contributed by atoms with Gasteiger partial charge in [-0.2, -0.15) is 9.78 Å². The van der Waals surface area contributed by atoms with Crippen LogP contribution in [-0.2, 0) is 0 Å². The highest BCUT2D eigenvalue weighted by molar-refractivity contribution is 6.04. The molecule has 154 valence electrons. The van der Waals surface area contributed by atoms with Gasteiger partial charge in [-0.15, -0.1) is 0 Å². The van der Waals surface area contributed by atoms with E-state index in [1.807, 2.05) is 42.5 Å². The number of aromatic nitrogens is 4. The summed E-state index contributed by atoms with van der Waals surface area (Å²) in [5, 5.41) is 7.12. The van der Waals surface area contributed by atoms with Crippen LogP contribution < -0.4 is 15.8 Å². The molecule has 3 heterocycles. The van der Waals surface area contributed by atoms with Crippen LogP contribution in [0.5, 0.6) is 0 Å². The van der Waals surface area contributed by atoms with E-state index in [4.69, 9.17) is 4.98 Å². The van der Waals surface area contributed by atoms with Gasteiger partial charge in [0.05, 0.1) is 16.7 Å². The van der Waals surface area contributed by atoms with Gasteiger partial charge in [0.2, 0.25) is 0 Å². The van der Waals surface area contributed by atoms with E-state index >= 15 is 0 Å². The van der Waals surface area contributed by atoms with Crippen LogP contribution in [0.15, 0.2) is 71.5 Å². The second kappa shape index (κ2) is 7.98. The Morgan fingerprint density at radius 2 is 1.52 bits per heavy atom. The molecule has 8 heteroatoms. The van der Waals surface area contributed by atoms with E-state index in [0.717, 1.165) is 31.4 Å². The van der Waals surface area contributed by atoms with Crippen LogP contribution in [0.1, 0.15) is 23.3 Å². The number of nitrogens with zero attached hydrogens (tertiary/aromatic N) is 5. The predicted octanol–water partition coefficient (Wildman–Crippen LogP) is 3.03. The lowest BCUT2D eigenvalue weighted by atomic mass is 10.3. The summed E-state index contributed by atoms with van der Waals surface area (Å²) in [7, 11) is 0. The van der Waals surface area contributed by atoms with Crippen molar-refractivity contribution in [3.05, 3.63) is 82.8 Å². The number of anilines is 2. The zero-order chi connectivity index (χ0) is 21.2. The van der Waals surface area contributed by atoms with Crippen LogP contribution in [0.3, 0.4) is 0 Å². The maximum Gasteiger partial charge on any atom is 0.277 e. The van der Waals surface area contributed by atoms with E-state index in [2.05, 4.69) is 20.3 Å². The molecule has 0 spiro atoms. The average molecular weight is 412 g/mol. The van der Waals surface area contributed by atoms with Crippen LogP contribution in [0.2, 0.25) is 0 Å². The summed E-state index contributed by atoms with van der Waals surface area (Å²) in [6.07, 6.45) is 2.15. The molecule has 0 unspecified atom stereocenters. The van der Waals surface area contributed by atoms with E-state index in [1.165, 1.54) is 16.8 Å². The third kappa shape index (κ3) is 3.75. The Morgan fingerprint density at radius 3 is 2.26 bits per heavy atom. The Balaban J connectivity index is 1.52. The summed E-state index contributed by atoms with van der Waals surface area (Å²) < 4.78 is 1.21. The molecule has 1 aliphatic rings. The number of hydrogen-bond donors (Lipinski definition) is 1. The van der Waals surface area contributed by atoms with Gasteiger partial charge in [-0.3, -0.25) is 9.59 Å². The lowest BCUT2D eigenvalue weighted by Crippen LogP contribution is -2.26. The number of rotatable bonds is 4. The Hall–Kier alpha value is -4.07. The molecule has 31 heavy (non-hydrogen) atoms. The minimum Gasteiger partial charge on any atom is -0.354 e. The summed E-state index contributed by atoms with van der Waals surface area (Å²) in [6.45, 7) is 1.74. The molecule has 0 bridgehead atoms. The van der Waals surface area contributed by atoms with Crippen LogP contribution >= 0.6 is 0 Å². The molecule has 0 radical (unpaired) electrons. The highest BCUT2D eigenvalue weighted by atomic mass is 16.2. The Bertz CT molecular complexity index is 1310. The largest absolute Gasteiger partial charge is 0.354 e. The van der Waals surface area contributed by atoms with Crippen molar-refractivity contribution in [1.29, 1.82) is 0 Å². The molecule has 1 saturated heterocycles. The summed E-state index contributed by atoms with van der Waals surface area (Å²) in [5.74, 6) is 0.598. The number of amides is 1. The molecule has 2 aromatic heterocycles. The van der Waals surface area contributed by atoms with Crippen molar-refractivity contribution in [2.24, 2.45) is 0 Å². The van der Waals surface area contributed by atoms with Gasteiger partial charge in [-0.1, -0.05) is 30.3 Å². The minimum atomic E-state index is -0.449. The molecule has 2 aromatic carbocycles. The average Bonchev–Trinajstić information content (AvgIpc) is 3.34. The smallest absolute Gasteiger partial charge is 0.277 e. The van der Waals surface area contributed by atoms with E-state index in [1.54, 1.807) is 12.1 Å². The van der Waals surface area contributed by atoms with Crippen molar-refractivity contribution >= 4 is 28.6 Å². The van der Waals surface area contributed by atoms with Gasteiger partial charge in [-0.05, 0) is 43.2 Å². The first kappa shape index (κ1) is 18.9. The second-order valence-corrected chi connectivity index (χ2v) is 7.34. The van der Waals surface area contributed by atoms with Crippen molar-refractivity contribution in [2.75, 3.05) is 23.3 Å². The fraction of sp³-hybridized carbons (Fsp3) is 0.174. The number of fused-ring (bicyclic) bond motifs is 1. The normalized spacial score (nSPS) is 13.5. The highest BCUT2D eigenvalue weighted by Crippen LogP contribution is 2.28. The second-order valence-electron chi connectivity index (χ2n) is 7.34. The van der Waals surface area contributed by atoms with Crippen LogP contribution in [0.25, 0.3) is 16.7 Å². The van der Waals surface area contributed by atoms with Gasteiger partial charge < -0.3 is 10.2 Å². The minimum absolute atomic E-state index is 0.116. The third-order valence-electron chi connectivity index (χ3n) is 5.22. The molecular formula is C23H20N6O2. The molecule has 0 atom stereocenters. The molecule has 4 aromatic rings. The maximum atomic E-state index is 13.0. The first-order valence-corrected chi connectivity index (χ1v) is 10.2. The molecule has 1 aliphatic heterocycles. The number of nitrogens with one attached hydrogen (secondary N) is 1. The van der Waals surface area contributed by atoms with Crippen molar-refractivity contribution in [3.63, 3.8) is 0 Å². The van der Waals surface area contributed by atoms with E-state index in [-0.39, 0.29) is 11.3 Å². The van der Waals surface area contributed by atoms with Gasteiger partial charge in [0.25, 0.3) is 11.5 Å². The van der Waals surface area contributed by atoms with Gasteiger partial charge in [-0.25, -0.2) is 9.97 Å². The number of para-hydroxylation sites is 3. The molecule has 5 rings (SSSR count). The quantitative estimate of drug-likeness (QED) is 0.554. The molecule has 1 N–H and O–H groups in total. The summed E-state index contributed by atoms with van der Waals surface area (Å²) in [4.78, 5) is 36.8. The summed E-state index contributed by atoms with van der Waals surface area (Å²) in [6, 6.07) is 19.3. The van der Waals surface area contributed by atoms with Gasteiger partial charge in [0, 0.05) is 19.2 Å². The van der Waals surface area contributed by atoms with Crippen LogP contribution in [0, 0.1) is 0 Å². The number of hydrogen-bond acceptors (Lipinski definition) is 6. The summed E-state index contributed by atoms with van der Waals surface area (Å²) in [5.41, 5.74) is 1.86. The predicted molar refractivity (Wildman–Crippen MR) is 119 cm³/mol. The third-order valence-corrected chi connectivity index (χ3v) is 5.22. The first-order valence-electron chi connectivity index (χ1n) is 10.2. The van der Waals surface area contributed by atoms with Gasteiger partial charge >= 0.3 is 0 Å². The zero-order valence-electron chi connectivity index (χ0n) is 16.7. The van der Waals surface area contributed by atoms with E-state index in [9.17, 15) is 9.59 Å².